The lowest BCUT2D eigenvalue weighted by atomic mass is 9.82. The molecule has 0 spiro atoms. The fraction of sp³-hybridized carbons (Fsp3) is 0.857. The minimum atomic E-state index is -0.368. The first kappa shape index (κ1) is 15.0. The molecule has 0 aromatic rings. The molecule has 0 radical (unpaired) electrons. The van der Waals surface area contributed by atoms with E-state index in [1.54, 1.807) is 4.90 Å². The SMILES string of the molecule is CC(C)CC(C)N1C(=O)CNC(=O)C1C(C)(C)C. The maximum atomic E-state index is 12.1. The summed E-state index contributed by atoms with van der Waals surface area (Å²) in [5, 5.41) is 2.70. The van der Waals surface area contributed by atoms with Gasteiger partial charge in [-0.2, -0.15) is 0 Å². The van der Waals surface area contributed by atoms with Crippen LogP contribution in [0.2, 0.25) is 0 Å². The molecule has 0 aliphatic carbocycles. The molecular formula is C14H26N2O2. The van der Waals surface area contributed by atoms with Crippen LogP contribution in [-0.4, -0.2) is 35.3 Å². The van der Waals surface area contributed by atoms with E-state index >= 15 is 0 Å². The average Bonchev–Trinajstić information content (AvgIpc) is 2.18. The van der Waals surface area contributed by atoms with Gasteiger partial charge in [0.15, 0.2) is 0 Å². The van der Waals surface area contributed by atoms with E-state index in [4.69, 9.17) is 0 Å². The second kappa shape index (κ2) is 5.29. The van der Waals surface area contributed by atoms with Crippen molar-refractivity contribution < 1.29 is 9.59 Å². The highest BCUT2D eigenvalue weighted by atomic mass is 16.2. The summed E-state index contributed by atoms with van der Waals surface area (Å²) in [5.41, 5.74) is -0.245. The van der Waals surface area contributed by atoms with Crippen molar-refractivity contribution in [2.45, 2.75) is 60.0 Å². The summed E-state index contributed by atoms with van der Waals surface area (Å²) in [6.07, 6.45) is 0.922. The molecule has 2 atom stereocenters. The number of piperazine rings is 1. The molecule has 1 heterocycles. The van der Waals surface area contributed by atoms with E-state index < -0.39 is 0 Å². The van der Waals surface area contributed by atoms with Crippen LogP contribution in [0.5, 0.6) is 0 Å². The van der Waals surface area contributed by atoms with Gasteiger partial charge in [0.2, 0.25) is 11.8 Å². The zero-order chi connectivity index (χ0) is 14.1. The third-order valence-corrected chi connectivity index (χ3v) is 3.34. The Labute approximate surface area is 110 Å². The van der Waals surface area contributed by atoms with Crippen molar-refractivity contribution in [1.82, 2.24) is 10.2 Å². The van der Waals surface area contributed by atoms with Crippen LogP contribution >= 0.6 is 0 Å². The van der Waals surface area contributed by atoms with E-state index in [1.807, 2.05) is 27.7 Å². The molecule has 1 fully saturated rings. The molecule has 2 amide bonds. The molecular weight excluding hydrogens is 228 g/mol. The first-order chi connectivity index (χ1) is 8.14. The van der Waals surface area contributed by atoms with E-state index in [0.29, 0.717) is 5.92 Å². The average molecular weight is 254 g/mol. The van der Waals surface area contributed by atoms with Gasteiger partial charge < -0.3 is 10.2 Å². The van der Waals surface area contributed by atoms with Gasteiger partial charge in [0, 0.05) is 6.04 Å². The zero-order valence-corrected chi connectivity index (χ0v) is 12.4. The fourth-order valence-electron chi connectivity index (χ4n) is 2.73. The molecule has 4 heteroatoms. The van der Waals surface area contributed by atoms with Gasteiger partial charge in [0.05, 0.1) is 6.54 Å². The van der Waals surface area contributed by atoms with Gasteiger partial charge in [-0.1, -0.05) is 34.6 Å². The minimum absolute atomic E-state index is 0.0299. The van der Waals surface area contributed by atoms with Crippen LogP contribution < -0.4 is 5.32 Å². The molecule has 1 rings (SSSR count). The first-order valence-electron chi connectivity index (χ1n) is 6.73. The predicted molar refractivity (Wildman–Crippen MR) is 72.0 cm³/mol. The van der Waals surface area contributed by atoms with E-state index in [0.717, 1.165) is 6.42 Å². The van der Waals surface area contributed by atoms with Gasteiger partial charge in [-0.3, -0.25) is 9.59 Å². The summed E-state index contributed by atoms with van der Waals surface area (Å²) < 4.78 is 0. The molecule has 1 saturated heterocycles. The Hall–Kier alpha value is -1.06. The molecule has 1 aliphatic rings. The summed E-state index contributed by atoms with van der Waals surface area (Å²) >= 11 is 0. The minimum Gasteiger partial charge on any atom is -0.345 e. The van der Waals surface area contributed by atoms with Gasteiger partial charge in [0.1, 0.15) is 6.04 Å². The Bertz CT molecular complexity index is 331. The van der Waals surface area contributed by atoms with Crippen LogP contribution in [0.3, 0.4) is 0 Å². The largest absolute Gasteiger partial charge is 0.345 e. The number of carbonyl (C=O) groups excluding carboxylic acids is 2. The molecule has 1 N–H and O–H groups in total. The molecule has 2 unspecified atom stereocenters. The number of nitrogens with one attached hydrogen (secondary N) is 1. The van der Waals surface area contributed by atoms with E-state index in [2.05, 4.69) is 19.2 Å². The standard InChI is InChI=1S/C14H26N2O2/c1-9(2)7-10(3)16-11(17)8-15-13(18)12(16)14(4,5)6/h9-10,12H,7-8H2,1-6H3,(H,15,18). The second-order valence-electron chi connectivity index (χ2n) is 6.77. The predicted octanol–water partition coefficient (Wildman–Crippen LogP) is 1.79. The summed E-state index contributed by atoms with van der Waals surface area (Å²) in [5.74, 6) is 0.513. The number of nitrogens with zero attached hydrogens (tertiary/aromatic N) is 1. The van der Waals surface area contributed by atoms with Gasteiger partial charge in [-0.15, -0.1) is 0 Å². The van der Waals surface area contributed by atoms with Gasteiger partial charge in [-0.05, 0) is 24.7 Å². The van der Waals surface area contributed by atoms with Crippen molar-refractivity contribution in [1.29, 1.82) is 0 Å². The highest BCUT2D eigenvalue weighted by Crippen LogP contribution is 2.29. The molecule has 0 aromatic carbocycles. The monoisotopic (exact) mass is 254 g/mol. The van der Waals surface area contributed by atoms with Crippen LogP contribution in [0.1, 0.15) is 48.0 Å². The van der Waals surface area contributed by atoms with E-state index in [-0.39, 0.29) is 35.9 Å². The van der Waals surface area contributed by atoms with Crippen LogP contribution in [0.15, 0.2) is 0 Å². The number of rotatable bonds is 3. The second-order valence-corrected chi connectivity index (χ2v) is 6.77. The molecule has 0 bridgehead atoms. The number of hydrogen-bond acceptors (Lipinski definition) is 2. The van der Waals surface area contributed by atoms with Gasteiger partial charge in [-0.25, -0.2) is 0 Å². The smallest absolute Gasteiger partial charge is 0.243 e. The molecule has 1 aliphatic heterocycles. The fourth-order valence-corrected chi connectivity index (χ4v) is 2.73. The highest BCUT2D eigenvalue weighted by Gasteiger charge is 2.43. The van der Waals surface area contributed by atoms with Crippen molar-refractivity contribution in [3.8, 4) is 0 Å². The van der Waals surface area contributed by atoms with Crippen molar-refractivity contribution in [2.24, 2.45) is 11.3 Å². The van der Waals surface area contributed by atoms with Crippen LogP contribution in [0, 0.1) is 11.3 Å². The Kier molecular flexibility index (Phi) is 4.41. The van der Waals surface area contributed by atoms with Crippen molar-refractivity contribution in [3.05, 3.63) is 0 Å². The van der Waals surface area contributed by atoms with Gasteiger partial charge in [0.25, 0.3) is 0 Å². The topological polar surface area (TPSA) is 49.4 Å². The van der Waals surface area contributed by atoms with Crippen molar-refractivity contribution >= 4 is 11.8 Å². The number of amides is 2. The maximum Gasteiger partial charge on any atom is 0.243 e. The van der Waals surface area contributed by atoms with Crippen LogP contribution in [-0.2, 0) is 9.59 Å². The number of carbonyl (C=O) groups is 2. The van der Waals surface area contributed by atoms with Crippen LogP contribution in [0.25, 0.3) is 0 Å². The molecule has 0 aromatic heterocycles. The molecule has 0 saturated carbocycles. The normalized spacial score (nSPS) is 23.3. The lowest BCUT2D eigenvalue weighted by Crippen LogP contribution is -2.65. The highest BCUT2D eigenvalue weighted by molar-refractivity contribution is 5.95. The molecule has 104 valence electrons. The molecule has 4 nitrogen and oxygen atoms in total. The Morgan fingerprint density at radius 1 is 1.28 bits per heavy atom. The third kappa shape index (κ3) is 3.24. The Morgan fingerprint density at radius 2 is 1.83 bits per heavy atom. The lowest BCUT2D eigenvalue weighted by Gasteiger charge is -2.45. The summed E-state index contributed by atoms with van der Waals surface area (Å²) in [7, 11) is 0. The van der Waals surface area contributed by atoms with E-state index in [9.17, 15) is 9.59 Å². The van der Waals surface area contributed by atoms with Crippen LogP contribution in [0.4, 0.5) is 0 Å². The first-order valence-corrected chi connectivity index (χ1v) is 6.73. The summed E-state index contributed by atoms with van der Waals surface area (Å²) in [4.78, 5) is 26.0. The Balaban J connectivity index is 3.00. The third-order valence-electron chi connectivity index (χ3n) is 3.34. The zero-order valence-electron chi connectivity index (χ0n) is 12.4. The van der Waals surface area contributed by atoms with Crippen molar-refractivity contribution in [3.63, 3.8) is 0 Å². The van der Waals surface area contributed by atoms with Crippen molar-refractivity contribution in [2.75, 3.05) is 6.54 Å². The number of hydrogen-bond donors (Lipinski definition) is 1. The molecule has 18 heavy (non-hydrogen) atoms. The van der Waals surface area contributed by atoms with E-state index in [1.165, 1.54) is 0 Å². The summed E-state index contributed by atoms with van der Waals surface area (Å²) in [6, 6.07) is -0.264. The van der Waals surface area contributed by atoms with Gasteiger partial charge >= 0.3 is 0 Å². The quantitative estimate of drug-likeness (QED) is 0.835. The maximum absolute atomic E-state index is 12.1. The summed E-state index contributed by atoms with van der Waals surface area (Å²) in [6.45, 7) is 12.5. The lowest BCUT2D eigenvalue weighted by molar-refractivity contribution is -0.153. The Morgan fingerprint density at radius 3 is 2.28 bits per heavy atom.